The molecule has 1 saturated heterocycles. The fourth-order valence-corrected chi connectivity index (χ4v) is 3.21. The Morgan fingerprint density at radius 3 is 3.29 bits per heavy atom. The molecule has 0 aromatic carbocycles. The van der Waals surface area contributed by atoms with Crippen molar-refractivity contribution in [3.8, 4) is 0 Å². The van der Waals surface area contributed by atoms with E-state index in [4.69, 9.17) is 4.74 Å². The molecule has 0 radical (unpaired) electrons. The second kappa shape index (κ2) is 6.31. The van der Waals surface area contributed by atoms with Gasteiger partial charge in [0.05, 0.1) is 12.6 Å². The lowest BCUT2D eigenvalue weighted by Gasteiger charge is -2.24. The first-order valence-electron chi connectivity index (χ1n) is 6.17. The third kappa shape index (κ3) is 3.39. The quantitative estimate of drug-likeness (QED) is 0.877. The molecule has 0 saturated carbocycles. The first-order valence-corrected chi connectivity index (χ1v) is 7.32. The predicted octanol–water partition coefficient (Wildman–Crippen LogP) is 2.40. The van der Waals surface area contributed by atoms with Crippen molar-refractivity contribution < 1.29 is 4.74 Å². The highest BCUT2D eigenvalue weighted by atomic mass is 32.2. The third-order valence-electron chi connectivity index (χ3n) is 3.04. The molecule has 1 N–H and O–H groups in total. The highest BCUT2D eigenvalue weighted by Gasteiger charge is 2.17. The van der Waals surface area contributed by atoms with Crippen molar-refractivity contribution in [2.75, 3.05) is 30.5 Å². The maximum atomic E-state index is 5.19. The number of thioether (sulfide) groups is 1. The van der Waals surface area contributed by atoms with Gasteiger partial charge >= 0.3 is 0 Å². The number of hydrogen-bond donors (Lipinski definition) is 1. The van der Waals surface area contributed by atoms with Gasteiger partial charge in [-0.1, -0.05) is 0 Å². The second-order valence-electron chi connectivity index (χ2n) is 4.52. The van der Waals surface area contributed by atoms with Crippen LogP contribution in [0.5, 0.6) is 0 Å². The number of rotatable bonds is 5. The van der Waals surface area contributed by atoms with Gasteiger partial charge in [-0.15, -0.1) is 0 Å². The molecule has 1 aromatic rings. The highest BCUT2D eigenvalue weighted by Crippen LogP contribution is 2.21. The van der Waals surface area contributed by atoms with Crippen molar-refractivity contribution in [1.82, 2.24) is 9.55 Å². The van der Waals surface area contributed by atoms with E-state index in [9.17, 15) is 0 Å². The van der Waals surface area contributed by atoms with E-state index in [0.29, 0.717) is 18.7 Å². The topological polar surface area (TPSA) is 39.1 Å². The Morgan fingerprint density at radius 1 is 1.71 bits per heavy atom. The van der Waals surface area contributed by atoms with Crippen LogP contribution in [0, 0.1) is 0 Å². The Bertz CT molecular complexity index is 336. The fourth-order valence-electron chi connectivity index (χ4n) is 2.14. The zero-order valence-electron chi connectivity index (χ0n) is 10.6. The van der Waals surface area contributed by atoms with E-state index in [0.717, 1.165) is 5.95 Å². The Labute approximate surface area is 107 Å². The predicted molar refractivity (Wildman–Crippen MR) is 72.8 cm³/mol. The Morgan fingerprint density at radius 2 is 2.59 bits per heavy atom. The van der Waals surface area contributed by atoms with Gasteiger partial charge in [0.1, 0.15) is 0 Å². The third-order valence-corrected chi connectivity index (χ3v) is 4.26. The zero-order valence-corrected chi connectivity index (χ0v) is 11.4. The lowest BCUT2D eigenvalue weighted by molar-refractivity contribution is 0.163. The first-order chi connectivity index (χ1) is 8.31. The molecular formula is C12H21N3OS. The van der Waals surface area contributed by atoms with E-state index in [1.54, 1.807) is 7.11 Å². The summed E-state index contributed by atoms with van der Waals surface area (Å²) >= 11 is 2.03. The fraction of sp³-hybridized carbons (Fsp3) is 0.750. The summed E-state index contributed by atoms with van der Waals surface area (Å²) in [6, 6.07) is 0.880. The molecule has 0 spiro atoms. The van der Waals surface area contributed by atoms with Crippen molar-refractivity contribution >= 4 is 17.7 Å². The second-order valence-corrected chi connectivity index (χ2v) is 5.67. The van der Waals surface area contributed by atoms with Gasteiger partial charge in [-0.25, -0.2) is 4.98 Å². The standard InChI is InChI=1S/C12H21N3OS/c1-10(8-16-2)15-6-5-13-12(15)14-11-4-3-7-17-9-11/h5-6,10-11H,3-4,7-9H2,1-2H3,(H,13,14). The summed E-state index contributed by atoms with van der Waals surface area (Å²) in [7, 11) is 1.73. The van der Waals surface area contributed by atoms with Crippen LogP contribution >= 0.6 is 11.8 Å². The number of imidazole rings is 1. The number of hydrogen-bond acceptors (Lipinski definition) is 4. The zero-order chi connectivity index (χ0) is 12.1. The summed E-state index contributed by atoms with van der Waals surface area (Å²) in [6.07, 6.45) is 6.42. The van der Waals surface area contributed by atoms with Gasteiger partial charge in [-0.3, -0.25) is 0 Å². The monoisotopic (exact) mass is 255 g/mol. The van der Waals surface area contributed by atoms with E-state index in [1.165, 1.54) is 24.3 Å². The molecule has 2 atom stereocenters. The van der Waals surface area contributed by atoms with E-state index < -0.39 is 0 Å². The molecule has 1 aliphatic rings. The molecule has 2 heterocycles. The molecule has 0 amide bonds. The molecule has 2 unspecified atom stereocenters. The van der Waals surface area contributed by atoms with Crippen molar-refractivity contribution in [2.24, 2.45) is 0 Å². The maximum absolute atomic E-state index is 5.19. The number of methoxy groups -OCH3 is 1. The van der Waals surface area contributed by atoms with Gasteiger partial charge in [0.15, 0.2) is 0 Å². The lowest BCUT2D eigenvalue weighted by Crippen LogP contribution is -2.28. The van der Waals surface area contributed by atoms with Gasteiger partial charge in [0.25, 0.3) is 0 Å². The smallest absolute Gasteiger partial charge is 0.203 e. The minimum Gasteiger partial charge on any atom is -0.383 e. The van der Waals surface area contributed by atoms with Crippen molar-refractivity contribution in [1.29, 1.82) is 0 Å². The SMILES string of the molecule is COCC(C)n1ccnc1NC1CCCSC1. The number of nitrogens with zero attached hydrogens (tertiary/aromatic N) is 2. The van der Waals surface area contributed by atoms with Crippen LogP contribution in [-0.2, 0) is 4.74 Å². The molecule has 0 aliphatic carbocycles. The van der Waals surface area contributed by atoms with E-state index in [2.05, 4.69) is 21.8 Å². The Balaban J connectivity index is 1.97. The summed E-state index contributed by atoms with van der Waals surface area (Å²) in [4.78, 5) is 4.40. The molecule has 1 fully saturated rings. The van der Waals surface area contributed by atoms with Crippen LogP contribution < -0.4 is 5.32 Å². The molecule has 17 heavy (non-hydrogen) atoms. The average molecular weight is 255 g/mol. The summed E-state index contributed by atoms with van der Waals surface area (Å²) in [6.45, 7) is 2.86. The van der Waals surface area contributed by atoms with Crippen molar-refractivity contribution in [3.05, 3.63) is 12.4 Å². The number of aromatic nitrogens is 2. The molecule has 5 heteroatoms. The summed E-state index contributed by atoms with van der Waals surface area (Å²) in [5.74, 6) is 3.46. The highest BCUT2D eigenvalue weighted by molar-refractivity contribution is 7.99. The normalized spacial score (nSPS) is 22.4. The number of nitrogens with one attached hydrogen (secondary N) is 1. The van der Waals surface area contributed by atoms with Crippen molar-refractivity contribution in [3.63, 3.8) is 0 Å². The van der Waals surface area contributed by atoms with E-state index >= 15 is 0 Å². The molecule has 1 aliphatic heterocycles. The van der Waals surface area contributed by atoms with Crippen LogP contribution in [0.25, 0.3) is 0 Å². The van der Waals surface area contributed by atoms with Crippen LogP contribution in [0.1, 0.15) is 25.8 Å². The largest absolute Gasteiger partial charge is 0.383 e. The van der Waals surface area contributed by atoms with Gasteiger partial charge in [-0.05, 0) is 25.5 Å². The van der Waals surface area contributed by atoms with Crippen LogP contribution in [0.3, 0.4) is 0 Å². The van der Waals surface area contributed by atoms with Crippen molar-refractivity contribution in [2.45, 2.75) is 31.8 Å². The Hall–Kier alpha value is -0.680. The van der Waals surface area contributed by atoms with Gasteiger partial charge in [0, 0.05) is 31.3 Å². The van der Waals surface area contributed by atoms with Crippen LogP contribution in [0.15, 0.2) is 12.4 Å². The molecule has 4 nitrogen and oxygen atoms in total. The lowest BCUT2D eigenvalue weighted by atomic mass is 10.2. The molecule has 0 bridgehead atoms. The summed E-state index contributed by atoms with van der Waals surface area (Å²) in [5, 5.41) is 3.54. The maximum Gasteiger partial charge on any atom is 0.203 e. The van der Waals surface area contributed by atoms with Crippen LogP contribution in [0.2, 0.25) is 0 Å². The number of ether oxygens (including phenoxy) is 1. The van der Waals surface area contributed by atoms with Gasteiger partial charge in [0.2, 0.25) is 5.95 Å². The van der Waals surface area contributed by atoms with Gasteiger partial charge < -0.3 is 14.6 Å². The minimum absolute atomic E-state index is 0.321. The van der Waals surface area contributed by atoms with Crippen LogP contribution in [-0.4, -0.2) is 40.8 Å². The summed E-state index contributed by atoms with van der Waals surface area (Å²) in [5.41, 5.74) is 0. The molecular weight excluding hydrogens is 234 g/mol. The molecule has 1 aromatic heterocycles. The average Bonchev–Trinajstić information content (AvgIpc) is 2.79. The Kier molecular flexibility index (Phi) is 4.74. The van der Waals surface area contributed by atoms with Crippen LogP contribution in [0.4, 0.5) is 5.95 Å². The van der Waals surface area contributed by atoms with E-state index in [-0.39, 0.29) is 0 Å². The molecule has 2 rings (SSSR count). The number of anilines is 1. The van der Waals surface area contributed by atoms with Gasteiger partial charge in [-0.2, -0.15) is 11.8 Å². The minimum atomic E-state index is 0.321. The first kappa shape index (κ1) is 12.8. The molecule has 96 valence electrons. The van der Waals surface area contributed by atoms with E-state index in [1.807, 2.05) is 24.2 Å². The summed E-state index contributed by atoms with van der Waals surface area (Å²) < 4.78 is 7.35.